The van der Waals surface area contributed by atoms with Crippen molar-refractivity contribution in [2.45, 2.75) is 13.0 Å². The molecular formula is C24H27NO7. The van der Waals surface area contributed by atoms with Gasteiger partial charge in [0.2, 0.25) is 0 Å². The first-order chi connectivity index (χ1) is 15.5. The van der Waals surface area contributed by atoms with E-state index in [9.17, 15) is 9.59 Å². The van der Waals surface area contributed by atoms with Crippen molar-refractivity contribution in [1.82, 2.24) is 4.90 Å². The lowest BCUT2D eigenvalue weighted by Gasteiger charge is -2.29. The van der Waals surface area contributed by atoms with Gasteiger partial charge in [-0.15, -0.1) is 0 Å². The van der Waals surface area contributed by atoms with Crippen molar-refractivity contribution in [3.05, 3.63) is 54.1 Å². The number of amides is 1. The van der Waals surface area contributed by atoms with Crippen LogP contribution in [0.4, 0.5) is 0 Å². The Morgan fingerprint density at radius 2 is 1.94 bits per heavy atom. The van der Waals surface area contributed by atoms with Gasteiger partial charge >= 0.3 is 5.97 Å². The fourth-order valence-electron chi connectivity index (χ4n) is 3.08. The third-order valence-electron chi connectivity index (χ3n) is 4.71. The van der Waals surface area contributed by atoms with Crippen molar-refractivity contribution in [2.75, 3.05) is 40.5 Å². The normalized spacial score (nSPS) is 14.7. The largest absolute Gasteiger partial charge is 0.493 e. The highest BCUT2D eigenvalue weighted by molar-refractivity contribution is 5.89. The molecule has 2 aromatic carbocycles. The summed E-state index contributed by atoms with van der Waals surface area (Å²) in [5, 5.41) is 0. The predicted octanol–water partition coefficient (Wildman–Crippen LogP) is 2.95. The predicted molar refractivity (Wildman–Crippen MR) is 118 cm³/mol. The van der Waals surface area contributed by atoms with E-state index in [4.69, 9.17) is 23.7 Å². The van der Waals surface area contributed by atoms with Crippen LogP contribution in [-0.4, -0.2) is 63.4 Å². The fourth-order valence-corrected chi connectivity index (χ4v) is 3.08. The number of rotatable bonds is 9. The lowest BCUT2D eigenvalue weighted by atomic mass is 10.2. The molecule has 1 amide bonds. The van der Waals surface area contributed by atoms with E-state index >= 15 is 0 Å². The monoisotopic (exact) mass is 441 g/mol. The van der Waals surface area contributed by atoms with Crippen LogP contribution in [0.1, 0.15) is 12.5 Å². The van der Waals surface area contributed by atoms with Crippen LogP contribution in [0.5, 0.6) is 23.0 Å². The molecule has 3 rings (SSSR count). The van der Waals surface area contributed by atoms with Crippen LogP contribution in [-0.2, 0) is 14.3 Å². The maximum atomic E-state index is 12.3. The molecule has 0 aromatic heterocycles. The second-order valence-electron chi connectivity index (χ2n) is 7.06. The van der Waals surface area contributed by atoms with E-state index < -0.39 is 5.97 Å². The van der Waals surface area contributed by atoms with E-state index in [2.05, 4.69) is 0 Å². The summed E-state index contributed by atoms with van der Waals surface area (Å²) in [4.78, 5) is 25.8. The van der Waals surface area contributed by atoms with Crippen LogP contribution in [0.15, 0.2) is 48.5 Å². The second kappa shape index (κ2) is 11.1. The Kier molecular flexibility index (Phi) is 7.96. The summed E-state index contributed by atoms with van der Waals surface area (Å²) in [6.07, 6.45) is 2.54. The summed E-state index contributed by atoms with van der Waals surface area (Å²) in [6.45, 7) is 2.69. The first kappa shape index (κ1) is 23.0. The summed E-state index contributed by atoms with van der Waals surface area (Å²) >= 11 is 0. The Balaban J connectivity index is 1.45. The first-order valence-electron chi connectivity index (χ1n) is 10.3. The number of esters is 1. The van der Waals surface area contributed by atoms with E-state index in [1.807, 2.05) is 31.2 Å². The van der Waals surface area contributed by atoms with Crippen LogP contribution in [0.25, 0.3) is 6.08 Å². The van der Waals surface area contributed by atoms with Gasteiger partial charge in [0.1, 0.15) is 6.61 Å². The molecule has 2 aromatic rings. The molecule has 0 radical (unpaired) electrons. The Bertz CT molecular complexity index is 973. The third-order valence-corrected chi connectivity index (χ3v) is 4.71. The molecule has 1 aliphatic heterocycles. The molecule has 0 bridgehead atoms. The Hall–Kier alpha value is -3.68. The van der Waals surface area contributed by atoms with Gasteiger partial charge in [-0.1, -0.05) is 18.2 Å². The van der Waals surface area contributed by atoms with Crippen LogP contribution >= 0.6 is 0 Å². The van der Waals surface area contributed by atoms with Crippen molar-refractivity contribution in [2.24, 2.45) is 0 Å². The molecule has 1 aliphatic rings. The molecule has 8 heteroatoms. The number of carbonyl (C=O) groups excluding carboxylic acids is 2. The Morgan fingerprint density at radius 3 is 2.69 bits per heavy atom. The van der Waals surface area contributed by atoms with Gasteiger partial charge < -0.3 is 28.6 Å². The third kappa shape index (κ3) is 6.16. The van der Waals surface area contributed by atoms with Crippen LogP contribution in [0.2, 0.25) is 0 Å². The van der Waals surface area contributed by atoms with Crippen molar-refractivity contribution < 1.29 is 33.3 Å². The maximum Gasteiger partial charge on any atom is 0.331 e. The molecule has 1 unspecified atom stereocenters. The minimum absolute atomic E-state index is 0.302. The lowest BCUT2D eigenvalue weighted by Crippen LogP contribution is -2.43. The average molecular weight is 441 g/mol. The van der Waals surface area contributed by atoms with Gasteiger partial charge in [-0.25, -0.2) is 4.79 Å². The number of nitrogens with zero attached hydrogens (tertiary/aromatic N) is 1. The highest BCUT2D eigenvalue weighted by Crippen LogP contribution is 2.31. The molecule has 1 atom stereocenters. The quantitative estimate of drug-likeness (QED) is 0.437. The second-order valence-corrected chi connectivity index (χ2v) is 7.06. The standard InChI is InChI=1S/C24H27NO7/c1-4-29-20-11-9-17(13-22(20)28-3)10-12-24(27)31-16-23(26)25(2)14-18-15-30-19-7-5-6-8-21(19)32-18/h5-13,18H,4,14-16H2,1-3H3/b12-10+. The number of carbonyl (C=O) groups is 2. The molecular weight excluding hydrogens is 414 g/mol. The van der Waals surface area contributed by atoms with Gasteiger partial charge in [-0.2, -0.15) is 0 Å². The summed E-state index contributed by atoms with van der Waals surface area (Å²) in [7, 11) is 3.17. The van der Waals surface area contributed by atoms with E-state index in [1.54, 1.807) is 38.4 Å². The summed E-state index contributed by atoms with van der Waals surface area (Å²) in [5.74, 6) is 1.56. The Morgan fingerprint density at radius 1 is 1.16 bits per heavy atom. The molecule has 170 valence electrons. The van der Waals surface area contributed by atoms with Crippen LogP contribution in [0, 0.1) is 0 Å². The smallest absolute Gasteiger partial charge is 0.331 e. The topological polar surface area (TPSA) is 83.5 Å². The molecule has 0 aliphatic carbocycles. The van der Waals surface area contributed by atoms with E-state index in [-0.39, 0.29) is 18.6 Å². The van der Waals surface area contributed by atoms with Gasteiger partial charge in [-0.05, 0) is 42.8 Å². The minimum atomic E-state index is -0.620. The Labute approximate surface area is 187 Å². The summed E-state index contributed by atoms with van der Waals surface area (Å²) < 4.78 is 27.3. The maximum absolute atomic E-state index is 12.3. The van der Waals surface area contributed by atoms with E-state index in [0.29, 0.717) is 42.8 Å². The zero-order valence-corrected chi connectivity index (χ0v) is 18.4. The summed E-state index contributed by atoms with van der Waals surface area (Å²) in [5.41, 5.74) is 0.737. The molecule has 32 heavy (non-hydrogen) atoms. The number of ether oxygens (including phenoxy) is 5. The molecule has 0 saturated carbocycles. The lowest BCUT2D eigenvalue weighted by molar-refractivity contribution is -0.148. The van der Waals surface area contributed by atoms with Gasteiger partial charge in [0.25, 0.3) is 5.91 Å². The molecule has 8 nitrogen and oxygen atoms in total. The molecule has 0 N–H and O–H groups in total. The first-order valence-corrected chi connectivity index (χ1v) is 10.3. The fraction of sp³-hybridized carbons (Fsp3) is 0.333. The van der Waals surface area contributed by atoms with Crippen molar-refractivity contribution in [3.63, 3.8) is 0 Å². The van der Waals surface area contributed by atoms with Gasteiger partial charge in [0.05, 0.1) is 20.3 Å². The van der Waals surface area contributed by atoms with Gasteiger partial charge in [-0.3, -0.25) is 4.79 Å². The van der Waals surface area contributed by atoms with Gasteiger partial charge in [0.15, 0.2) is 35.7 Å². The van der Waals surface area contributed by atoms with E-state index in [0.717, 1.165) is 5.56 Å². The van der Waals surface area contributed by atoms with Crippen molar-refractivity contribution in [3.8, 4) is 23.0 Å². The van der Waals surface area contributed by atoms with Crippen molar-refractivity contribution in [1.29, 1.82) is 0 Å². The number of para-hydroxylation sites is 2. The molecule has 0 fully saturated rings. The van der Waals surface area contributed by atoms with Crippen molar-refractivity contribution >= 4 is 18.0 Å². The van der Waals surface area contributed by atoms with E-state index in [1.165, 1.54) is 11.0 Å². The van der Waals surface area contributed by atoms with Crippen LogP contribution in [0.3, 0.4) is 0 Å². The number of fused-ring (bicyclic) bond motifs is 1. The molecule has 0 saturated heterocycles. The van der Waals surface area contributed by atoms with Gasteiger partial charge in [0, 0.05) is 13.1 Å². The highest BCUT2D eigenvalue weighted by atomic mass is 16.6. The zero-order chi connectivity index (χ0) is 22.9. The number of methoxy groups -OCH3 is 1. The SMILES string of the molecule is CCOc1ccc(/C=C/C(=O)OCC(=O)N(C)CC2COc3ccccc3O2)cc1OC. The average Bonchev–Trinajstić information content (AvgIpc) is 2.81. The minimum Gasteiger partial charge on any atom is -0.493 e. The highest BCUT2D eigenvalue weighted by Gasteiger charge is 2.24. The number of benzene rings is 2. The van der Waals surface area contributed by atoms with Crippen LogP contribution < -0.4 is 18.9 Å². The number of hydrogen-bond donors (Lipinski definition) is 0. The zero-order valence-electron chi connectivity index (χ0n) is 18.4. The molecule has 0 spiro atoms. The number of hydrogen-bond acceptors (Lipinski definition) is 7. The molecule has 1 heterocycles. The number of likely N-dealkylation sites (N-methyl/N-ethyl adjacent to an activating group) is 1. The summed E-state index contributed by atoms with van der Waals surface area (Å²) in [6, 6.07) is 12.7.